The van der Waals surface area contributed by atoms with Crippen LogP contribution < -0.4 is 10.9 Å². The fourth-order valence-corrected chi connectivity index (χ4v) is 3.79. The maximum atomic E-state index is 13.0. The van der Waals surface area contributed by atoms with Gasteiger partial charge in [0.05, 0.1) is 12.2 Å². The molecule has 0 atom stereocenters. The Balaban J connectivity index is 1.64. The average Bonchev–Trinajstić information content (AvgIpc) is 3.34. The standard InChI is InChI=1S/C24H25ClN6O/c1-16-10-17(4-5-21(16)25)14-27-23(32)20-12-18(15-31-9-8-29(2)24(31)26)11-19(13-20)22-6-7-28-30(22)3/h4-13,26H,14-15H2,1-3H3,(H,27,32). The zero-order valence-electron chi connectivity index (χ0n) is 18.3. The van der Waals surface area contributed by atoms with Crippen molar-refractivity contribution in [3.63, 3.8) is 0 Å². The molecule has 0 aliphatic rings. The average molecular weight is 449 g/mol. The number of halogens is 1. The van der Waals surface area contributed by atoms with E-state index < -0.39 is 0 Å². The van der Waals surface area contributed by atoms with Crippen molar-refractivity contribution in [1.29, 1.82) is 5.41 Å². The number of amides is 1. The SMILES string of the molecule is Cc1cc(CNC(=O)c2cc(Cn3ccn(C)c3=N)cc(-c3ccnn3C)c2)ccc1Cl. The van der Waals surface area contributed by atoms with Crippen LogP contribution in [0.1, 0.15) is 27.0 Å². The predicted molar refractivity (Wildman–Crippen MR) is 124 cm³/mol. The van der Waals surface area contributed by atoms with E-state index in [0.717, 1.165) is 27.9 Å². The molecule has 1 amide bonds. The second kappa shape index (κ2) is 8.88. The minimum Gasteiger partial charge on any atom is -0.348 e. The lowest BCUT2D eigenvalue weighted by molar-refractivity contribution is 0.0951. The van der Waals surface area contributed by atoms with Gasteiger partial charge in [-0.3, -0.25) is 14.9 Å². The Morgan fingerprint density at radius 1 is 1.09 bits per heavy atom. The van der Waals surface area contributed by atoms with Gasteiger partial charge < -0.3 is 14.5 Å². The Kier molecular flexibility index (Phi) is 6.01. The molecule has 0 aliphatic carbocycles. The van der Waals surface area contributed by atoms with Gasteiger partial charge in [0.25, 0.3) is 5.91 Å². The van der Waals surface area contributed by atoms with Gasteiger partial charge in [-0.2, -0.15) is 5.10 Å². The molecule has 2 heterocycles. The van der Waals surface area contributed by atoms with Crippen LogP contribution in [0.4, 0.5) is 0 Å². The van der Waals surface area contributed by atoms with E-state index in [-0.39, 0.29) is 5.91 Å². The topological polar surface area (TPSA) is 80.6 Å². The van der Waals surface area contributed by atoms with Crippen LogP contribution in [0.25, 0.3) is 11.3 Å². The van der Waals surface area contributed by atoms with Gasteiger partial charge in [0.15, 0.2) is 0 Å². The molecule has 4 aromatic rings. The minimum absolute atomic E-state index is 0.160. The summed E-state index contributed by atoms with van der Waals surface area (Å²) in [7, 11) is 3.71. The van der Waals surface area contributed by atoms with E-state index >= 15 is 0 Å². The number of nitrogens with one attached hydrogen (secondary N) is 2. The Morgan fingerprint density at radius 2 is 1.91 bits per heavy atom. The Labute approximate surface area is 191 Å². The third-order valence-corrected chi connectivity index (χ3v) is 5.90. The first-order valence-corrected chi connectivity index (χ1v) is 10.6. The summed E-state index contributed by atoms with van der Waals surface area (Å²) in [5, 5.41) is 16.2. The third-order valence-electron chi connectivity index (χ3n) is 5.48. The number of rotatable bonds is 6. The molecule has 0 saturated heterocycles. The molecule has 0 bridgehead atoms. The fourth-order valence-electron chi connectivity index (χ4n) is 3.67. The summed E-state index contributed by atoms with van der Waals surface area (Å²) in [6.07, 6.45) is 5.44. The first kappa shape index (κ1) is 21.6. The second-order valence-corrected chi connectivity index (χ2v) is 8.29. The van der Waals surface area contributed by atoms with Crippen LogP contribution in [0.5, 0.6) is 0 Å². The molecule has 0 fully saturated rings. The number of aromatic nitrogens is 4. The summed E-state index contributed by atoms with van der Waals surface area (Å²) in [4.78, 5) is 13.0. The number of benzene rings is 2. The highest BCUT2D eigenvalue weighted by atomic mass is 35.5. The predicted octanol–water partition coefficient (Wildman–Crippen LogP) is 3.65. The summed E-state index contributed by atoms with van der Waals surface area (Å²) in [6, 6.07) is 13.4. The van der Waals surface area contributed by atoms with Crippen molar-refractivity contribution in [3.8, 4) is 11.3 Å². The van der Waals surface area contributed by atoms with Crippen molar-refractivity contribution in [3.05, 3.63) is 93.9 Å². The molecule has 2 aromatic carbocycles. The maximum absolute atomic E-state index is 13.0. The van der Waals surface area contributed by atoms with Crippen LogP contribution in [0.15, 0.2) is 61.1 Å². The summed E-state index contributed by atoms with van der Waals surface area (Å²) >= 11 is 6.10. The van der Waals surface area contributed by atoms with Crippen molar-refractivity contribution >= 4 is 17.5 Å². The van der Waals surface area contributed by atoms with E-state index in [2.05, 4.69) is 10.4 Å². The van der Waals surface area contributed by atoms with E-state index in [1.165, 1.54) is 0 Å². The summed E-state index contributed by atoms with van der Waals surface area (Å²) in [5.74, 6) is -0.160. The molecular formula is C24H25ClN6O. The Morgan fingerprint density at radius 3 is 2.56 bits per heavy atom. The minimum atomic E-state index is -0.160. The first-order valence-electron chi connectivity index (χ1n) is 10.2. The monoisotopic (exact) mass is 448 g/mol. The maximum Gasteiger partial charge on any atom is 0.251 e. The number of hydrogen-bond acceptors (Lipinski definition) is 3. The first-order chi connectivity index (χ1) is 15.3. The van der Waals surface area contributed by atoms with Crippen LogP contribution >= 0.6 is 11.6 Å². The van der Waals surface area contributed by atoms with Crippen molar-refractivity contribution in [2.24, 2.45) is 14.1 Å². The van der Waals surface area contributed by atoms with Crippen molar-refractivity contribution in [1.82, 2.24) is 24.2 Å². The lowest BCUT2D eigenvalue weighted by Crippen LogP contribution is -2.24. The highest BCUT2D eigenvalue weighted by Crippen LogP contribution is 2.23. The smallest absolute Gasteiger partial charge is 0.251 e. The van der Waals surface area contributed by atoms with E-state index in [4.69, 9.17) is 17.0 Å². The molecule has 2 N–H and O–H groups in total. The van der Waals surface area contributed by atoms with Gasteiger partial charge in [-0.05, 0) is 53.9 Å². The van der Waals surface area contributed by atoms with Crippen molar-refractivity contribution < 1.29 is 4.79 Å². The van der Waals surface area contributed by atoms with Gasteiger partial charge >= 0.3 is 0 Å². The van der Waals surface area contributed by atoms with Crippen LogP contribution in [0.3, 0.4) is 0 Å². The van der Waals surface area contributed by atoms with Crippen molar-refractivity contribution in [2.75, 3.05) is 0 Å². The van der Waals surface area contributed by atoms with E-state index in [9.17, 15) is 4.79 Å². The molecule has 164 valence electrons. The van der Waals surface area contributed by atoms with Gasteiger partial charge in [0.1, 0.15) is 0 Å². The summed E-state index contributed by atoms with van der Waals surface area (Å²) in [6.45, 7) is 2.84. The van der Waals surface area contributed by atoms with Gasteiger partial charge in [-0.25, -0.2) is 0 Å². The number of aryl methyl sites for hydroxylation is 3. The zero-order chi connectivity index (χ0) is 22.8. The Hall–Kier alpha value is -3.58. The number of hydrogen-bond donors (Lipinski definition) is 2. The van der Waals surface area contributed by atoms with Crippen LogP contribution in [-0.2, 0) is 27.2 Å². The molecule has 32 heavy (non-hydrogen) atoms. The van der Waals surface area contributed by atoms with Gasteiger partial charge in [0, 0.05) is 55.4 Å². The fraction of sp³-hybridized carbons (Fsp3) is 0.208. The second-order valence-electron chi connectivity index (χ2n) is 7.89. The highest BCUT2D eigenvalue weighted by molar-refractivity contribution is 6.31. The van der Waals surface area contributed by atoms with Gasteiger partial charge in [-0.15, -0.1) is 0 Å². The number of imidazole rings is 1. The molecule has 0 radical (unpaired) electrons. The molecule has 2 aromatic heterocycles. The summed E-state index contributed by atoms with van der Waals surface area (Å²) in [5.41, 5.74) is 5.66. The van der Waals surface area contributed by atoms with E-state index in [1.807, 2.05) is 80.4 Å². The highest BCUT2D eigenvalue weighted by Gasteiger charge is 2.13. The van der Waals surface area contributed by atoms with Crippen LogP contribution in [0.2, 0.25) is 5.02 Å². The zero-order valence-corrected chi connectivity index (χ0v) is 19.0. The van der Waals surface area contributed by atoms with E-state index in [0.29, 0.717) is 29.3 Å². The van der Waals surface area contributed by atoms with Crippen LogP contribution in [0, 0.1) is 12.3 Å². The molecule has 7 nitrogen and oxygen atoms in total. The molecule has 8 heteroatoms. The molecule has 0 saturated carbocycles. The van der Waals surface area contributed by atoms with Crippen molar-refractivity contribution in [2.45, 2.75) is 20.0 Å². The molecule has 0 aliphatic heterocycles. The number of carbonyl (C=O) groups is 1. The van der Waals surface area contributed by atoms with Gasteiger partial charge in [-0.1, -0.05) is 23.7 Å². The molecule has 4 rings (SSSR count). The summed E-state index contributed by atoms with van der Waals surface area (Å²) < 4.78 is 5.36. The lowest BCUT2D eigenvalue weighted by atomic mass is 10.0. The lowest BCUT2D eigenvalue weighted by Gasteiger charge is -2.12. The van der Waals surface area contributed by atoms with Crippen LogP contribution in [-0.4, -0.2) is 24.8 Å². The third kappa shape index (κ3) is 4.53. The Bertz CT molecular complexity index is 1350. The number of nitrogens with zero attached hydrogens (tertiary/aromatic N) is 4. The normalized spacial score (nSPS) is 11.0. The molecule has 0 unspecified atom stereocenters. The number of carbonyl (C=O) groups excluding carboxylic acids is 1. The molecular weight excluding hydrogens is 424 g/mol. The molecule has 0 spiro atoms. The quantitative estimate of drug-likeness (QED) is 0.472. The van der Waals surface area contributed by atoms with Gasteiger partial charge in [0.2, 0.25) is 5.62 Å². The largest absolute Gasteiger partial charge is 0.348 e. The van der Waals surface area contributed by atoms with E-state index in [1.54, 1.807) is 15.4 Å².